The monoisotopic (exact) mass is 476 g/mol. The molecule has 0 aromatic heterocycles. The molecule has 0 bridgehead atoms. The minimum absolute atomic E-state index is 0.0155. The first-order valence-corrected chi connectivity index (χ1v) is 12.7. The van der Waals surface area contributed by atoms with E-state index in [1.807, 2.05) is 24.3 Å². The second kappa shape index (κ2) is 10.1. The molecule has 1 saturated heterocycles. The van der Waals surface area contributed by atoms with Gasteiger partial charge in [-0.25, -0.2) is 4.79 Å². The van der Waals surface area contributed by atoms with Gasteiger partial charge in [0, 0.05) is 24.5 Å². The highest BCUT2D eigenvalue weighted by Gasteiger charge is 2.39. The van der Waals surface area contributed by atoms with Gasteiger partial charge in [0.2, 0.25) is 5.91 Å². The number of aliphatic carboxylic acids is 1. The molecule has 2 unspecified atom stereocenters. The first-order valence-electron chi connectivity index (χ1n) is 12.7. The van der Waals surface area contributed by atoms with Gasteiger partial charge in [-0.3, -0.25) is 9.59 Å². The Kier molecular flexibility index (Phi) is 6.75. The second-order valence-electron chi connectivity index (χ2n) is 9.89. The van der Waals surface area contributed by atoms with Crippen molar-refractivity contribution in [3.8, 4) is 11.1 Å². The summed E-state index contributed by atoms with van der Waals surface area (Å²) in [5.41, 5.74) is 4.67. The van der Waals surface area contributed by atoms with Crippen LogP contribution in [-0.4, -0.2) is 53.2 Å². The number of ether oxygens (including phenoxy) is 1. The number of hydrogen-bond acceptors (Lipinski definition) is 4. The van der Waals surface area contributed by atoms with Crippen LogP contribution in [0.15, 0.2) is 48.5 Å². The van der Waals surface area contributed by atoms with Crippen LogP contribution in [0.25, 0.3) is 11.1 Å². The van der Waals surface area contributed by atoms with Crippen LogP contribution in [0.4, 0.5) is 4.79 Å². The number of benzene rings is 2. The molecule has 1 saturated carbocycles. The molecule has 2 aromatic rings. The molecular formula is C28H32N2O5. The Hall–Kier alpha value is -3.35. The fraction of sp³-hybridized carbons (Fsp3) is 0.464. The normalized spacial score (nSPS) is 23.4. The van der Waals surface area contributed by atoms with E-state index in [1.165, 1.54) is 11.1 Å². The van der Waals surface area contributed by atoms with Gasteiger partial charge in [0.1, 0.15) is 6.61 Å². The number of carbonyl (C=O) groups is 3. The summed E-state index contributed by atoms with van der Waals surface area (Å²) in [7, 11) is 0. The minimum Gasteiger partial charge on any atom is -0.481 e. The van der Waals surface area contributed by atoms with Crippen molar-refractivity contribution in [3.63, 3.8) is 0 Å². The predicted molar refractivity (Wildman–Crippen MR) is 131 cm³/mol. The zero-order valence-corrected chi connectivity index (χ0v) is 19.8. The number of carboxylic acid groups (broad SMARTS) is 1. The lowest BCUT2D eigenvalue weighted by molar-refractivity contribution is -0.142. The molecule has 7 heteroatoms. The van der Waals surface area contributed by atoms with Crippen molar-refractivity contribution in [2.45, 2.75) is 62.9 Å². The highest BCUT2D eigenvalue weighted by atomic mass is 16.5. The number of nitrogens with one attached hydrogen (secondary N) is 1. The topological polar surface area (TPSA) is 95.9 Å². The van der Waals surface area contributed by atoms with Crippen LogP contribution in [0, 0.1) is 5.92 Å². The van der Waals surface area contributed by atoms with Crippen molar-refractivity contribution in [2.24, 2.45) is 5.92 Å². The fourth-order valence-corrected chi connectivity index (χ4v) is 6.14. The lowest BCUT2D eigenvalue weighted by Gasteiger charge is -2.35. The molecule has 2 aliphatic carbocycles. The van der Waals surface area contributed by atoms with E-state index in [0.717, 1.165) is 43.2 Å². The van der Waals surface area contributed by atoms with Gasteiger partial charge < -0.3 is 20.1 Å². The molecule has 1 aliphatic heterocycles. The molecule has 1 heterocycles. The Bertz CT molecular complexity index is 1070. The fourth-order valence-electron chi connectivity index (χ4n) is 6.14. The van der Waals surface area contributed by atoms with Crippen LogP contribution in [-0.2, 0) is 14.3 Å². The molecule has 3 atom stereocenters. The van der Waals surface area contributed by atoms with Gasteiger partial charge in [-0.15, -0.1) is 0 Å². The third kappa shape index (κ3) is 4.77. The van der Waals surface area contributed by atoms with E-state index in [2.05, 4.69) is 29.6 Å². The van der Waals surface area contributed by atoms with Crippen LogP contribution in [0.5, 0.6) is 0 Å². The molecule has 7 nitrogen and oxygen atoms in total. The molecule has 0 spiro atoms. The average molecular weight is 477 g/mol. The number of hydrogen-bond donors (Lipinski definition) is 2. The van der Waals surface area contributed by atoms with Crippen molar-refractivity contribution in [1.29, 1.82) is 0 Å². The maximum absolute atomic E-state index is 13.4. The summed E-state index contributed by atoms with van der Waals surface area (Å²) in [6.07, 6.45) is 4.30. The Morgan fingerprint density at radius 1 is 0.914 bits per heavy atom. The number of carboxylic acids is 1. The first-order chi connectivity index (χ1) is 17.0. The van der Waals surface area contributed by atoms with Crippen LogP contribution in [0.2, 0.25) is 0 Å². The van der Waals surface area contributed by atoms with Gasteiger partial charge >= 0.3 is 12.1 Å². The number of fused-ring (bicyclic) bond motifs is 3. The molecule has 2 aromatic carbocycles. The molecule has 2 fully saturated rings. The molecule has 184 valence electrons. The zero-order chi connectivity index (χ0) is 24.4. The van der Waals surface area contributed by atoms with Gasteiger partial charge in [0.15, 0.2) is 0 Å². The molecule has 0 radical (unpaired) electrons. The van der Waals surface area contributed by atoms with Crippen LogP contribution < -0.4 is 5.32 Å². The van der Waals surface area contributed by atoms with Crippen LogP contribution in [0.3, 0.4) is 0 Å². The summed E-state index contributed by atoms with van der Waals surface area (Å²) in [5.74, 6) is -1.26. The van der Waals surface area contributed by atoms with E-state index in [0.29, 0.717) is 13.0 Å². The van der Waals surface area contributed by atoms with Gasteiger partial charge in [0.05, 0.1) is 12.3 Å². The molecule has 3 aliphatic rings. The molecule has 5 rings (SSSR count). The van der Waals surface area contributed by atoms with Crippen molar-refractivity contribution < 1.29 is 24.2 Å². The number of likely N-dealkylation sites (tertiary alicyclic amines) is 1. The van der Waals surface area contributed by atoms with Crippen molar-refractivity contribution in [1.82, 2.24) is 10.2 Å². The van der Waals surface area contributed by atoms with Gasteiger partial charge in [-0.1, -0.05) is 61.4 Å². The maximum atomic E-state index is 13.4. The molecular weight excluding hydrogens is 444 g/mol. The maximum Gasteiger partial charge on any atom is 0.407 e. The summed E-state index contributed by atoms with van der Waals surface area (Å²) in [6.45, 7) is 0.822. The Balaban J connectivity index is 1.23. The highest BCUT2D eigenvalue weighted by Crippen LogP contribution is 2.44. The summed E-state index contributed by atoms with van der Waals surface area (Å²) in [6, 6.07) is 15.9. The second-order valence-corrected chi connectivity index (χ2v) is 9.89. The molecule has 2 amide bonds. The SMILES string of the molecule is O=C(O)C[C@H]1CCCN1C(=O)C1CCCCC1NC(=O)OCC1c2ccccc2-c2ccccc21. The zero-order valence-electron chi connectivity index (χ0n) is 19.8. The number of carbonyl (C=O) groups excluding carboxylic acids is 2. The van der Waals surface area contributed by atoms with Crippen LogP contribution >= 0.6 is 0 Å². The highest BCUT2D eigenvalue weighted by molar-refractivity contribution is 5.82. The molecule has 2 N–H and O–H groups in total. The summed E-state index contributed by atoms with van der Waals surface area (Å²) in [4.78, 5) is 39.2. The minimum atomic E-state index is -0.883. The first kappa shape index (κ1) is 23.4. The Morgan fingerprint density at radius 3 is 2.26 bits per heavy atom. The van der Waals surface area contributed by atoms with Crippen molar-refractivity contribution in [3.05, 3.63) is 59.7 Å². The summed E-state index contributed by atoms with van der Waals surface area (Å²) < 4.78 is 5.72. The lowest BCUT2D eigenvalue weighted by Crippen LogP contribution is -2.51. The Morgan fingerprint density at radius 2 is 1.57 bits per heavy atom. The predicted octanol–water partition coefficient (Wildman–Crippen LogP) is 4.55. The smallest absolute Gasteiger partial charge is 0.407 e. The number of rotatable bonds is 6. The third-order valence-corrected chi connectivity index (χ3v) is 7.80. The quantitative estimate of drug-likeness (QED) is 0.638. The van der Waals surface area contributed by atoms with Gasteiger partial charge in [-0.05, 0) is 47.9 Å². The average Bonchev–Trinajstić information content (AvgIpc) is 3.44. The van der Waals surface area contributed by atoms with Crippen LogP contribution in [0.1, 0.15) is 62.0 Å². The Labute approximate surface area is 205 Å². The largest absolute Gasteiger partial charge is 0.481 e. The third-order valence-electron chi connectivity index (χ3n) is 7.80. The number of amides is 2. The van der Waals surface area contributed by atoms with Crippen molar-refractivity contribution in [2.75, 3.05) is 13.2 Å². The van der Waals surface area contributed by atoms with E-state index in [4.69, 9.17) is 4.74 Å². The standard InChI is InChI=1S/C28H32N2O5/c31-26(32)16-18-8-7-15-30(18)27(33)23-13-5-6-14-25(23)29-28(34)35-17-24-21-11-3-1-9-19(21)20-10-2-4-12-22(20)24/h1-4,9-12,18,23-25H,5-8,13-17H2,(H,29,34)(H,31,32)/t18-,23?,25?/m1/s1. The lowest BCUT2D eigenvalue weighted by atomic mass is 9.83. The van der Waals surface area contributed by atoms with E-state index >= 15 is 0 Å². The summed E-state index contributed by atoms with van der Waals surface area (Å²) >= 11 is 0. The summed E-state index contributed by atoms with van der Waals surface area (Å²) in [5, 5.41) is 12.2. The van der Waals surface area contributed by atoms with E-state index < -0.39 is 12.1 Å². The van der Waals surface area contributed by atoms with E-state index in [1.54, 1.807) is 4.90 Å². The van der Waals surface area contributed by atoms with E-state index in [-0.39, 0.29) is 42.9 Å². The number of alkyl carbamates (subject to hydrolysis) is 1. The van der Waals surface area contributed by atoms with Crippen molar-refractivity contribution >= 4 is 18.0 Å². The van der Waals surface area contributed by atoms with E-state index in [9.17, 15) is 19.5 Å². The van der Waals surface area contributed by atoms with Gasteiger partial charge in [-0.2, -0.15) is 0 Å². The number of nitrogens with zero attached hydrogens (tertiary/aromatic N) is 1. The molecule has 35 heavy (non-hydrogen) atoms. The van der Waals surface area contributed by atoms with Gasteiger partial charge in [0.25, 0.3) is 0 Å².